The molecule has 0 aliphatic heterocycles. The van der Waals surface area contributed by atoms with Crippen LogP contribution in [0, 0.1) is 0 Å². The second-order valence-electron chi connectivity index (χ2n) is 4.92. The maximum absolute atomic E-state index is 11.7. The molecule has 0 aliphatic rings. The van der Waals surface area contributed by atoms with Gasteiger partial charge in [-0.2, -0.15) is 10.2 Å². The Bertz CT molecular complexity index is 666. The molecule has 8 nitrogen and oxygen atoms in total. The minimum Gasteiger partial charge on any atom is -0.463 e. The lowest BCUT2D eigenvalue weighted by molar-refractivity contribution is -0.126. The van der Waals surface area contributed by atoms with E-state index in [4.69, 9.17) is 8.83 Å². The summed E-state index contributed by atoms with van der Waals surface area (Å²) in [7, 11) is 0. The molecule has 0 radical (unpaired) electrons. The van der Waals surface area contributed by atoms with Gasteiger partial charge in [-0.3, -0.25) is 9.59 Å². The monoisotopic (exact) mass is 330 g/mol. The molecule has 0 atom stereocenters. The summed E-state index contributed by atoms with van der Waals surface area (Å²) in [6, 6.07) is 6.92. The highest BCUT2D eigenvalue weighted by Crippen LogP contribution is 2.02. The lowest BCUT2D eigenvalue weighted by Crippen LogP contribution is -2.24. The van der Waals surface area contributed by atoms with Gasteiger partial charge in [-0.15, -0.1) is 0 Å². The summed E-state index contributed by atoms with van der Waals surface area (Å²) in [5.41, 5.74) is 5.82. The lowest BCUT2D eigenvalue weighted by Gasteiger charge is -2.02. The van der Waals surface area contributed by atoms with E-state index in [0.29, 0.717) is 22.9 Å². The van der Waals surface area contributed by atoms with E-state index in [2.05, 4.69) is 21.1 Å². The molecule has 2 aromatic rings. The zero-order valence-electron chi connectivity index (χ0n) is 13.4. The Hall–Kier alpha value is -3.16. The van der Waals surface area contributed by atoms with E-state index in [1.54, 1.807) is 38.1 Å². The highest BCUT2D eigenvalue weighted by atomic mass is 16.3. The van der Waals surface area contributed by atoms with Crippen LogP contribution in [0.1, 0.15) is 38.2 Å². The molecule has 8 heteroatoms. The number of amides is 2. The standard InChI is InChI=1S/C16H18N4O4/c1-11(13-5-3-9-23-13)17-19-15(21)7-8-16(22)20-18-12(2)14-6-4-10-24-14/h3-6,9-10H,7-8H2,1-2H3,(H,19,21)(H,20,22)/b17-11-,18-12+. The Balaban J connectivity index is 1.72. The van der Waals surface area contributed by atoms with Crippen molar-refractivity contribution in [2.75, 3.05) is 0 Å². The predicted octanol–water partition coefficient (Wildman–Crippen LogP) is 2.03. The number of rotatable bonds is 7. The highest BCUT2D eigenvalue weighted by Gasteiger charge is 2.07. The van der Waals surface area contributed by atoms with Crippen molar-refractivity contribution < 1.29 is 18.4 Å². The Kier molecular flexibility index (Phi) is 6.07. The third-order valence-corrected chi connectivity index (χ3v) is 3.03. The number of hydrazone groups is 2. The van der Waals surface area contributed by atoms with Gasteiger partial charge in [0.05, 0.1) is 12.5 Å². The van der Waals surface area contributed by atoms with E-state index >= 15 is 0 Å². The van der Waals surface area contributed by atoms with Crippen molar-refractivity contribution in [2.24, 2.45) is 10.2 Å². The quantitative estimate of drug-likeness (QED) is 0.598. The van der Waals surface area contributed by atoms with Gasteiger partial charge in [-0.25, -0.2) is 10.9 Å². The molecule has 2 heterocycles. The van der Waals surface area contributed by atoms with E-state index in [9.17, 15) is 9.59 Å². The molecule has 2 rings (SSSR count). The normalized spacial score (nSPS) is 12.1. The summed E-state index contributed by atoms with van der Waals surface area (Å²) < 4.78 is 10.3. The molecule has 0 aliphatic carbocycles. The summed E-state index contributed by atoms with van der Waals surface area (Å²) in [6.07, 6.45) is 3.03. The smallest absolute Gasteiger partial charge is 0.240 e. The zero-order chi connectivity index (χ0) is 17.4. The zero-order valence-corrected chi connectivity index (χ0v) is 13.4. The van der Waals surface area contributed by atoms with Crippen molar-refractivity contribution in [1.29, 1.82) is 0 Å². The molecule has 0 saturated carbocycles. The third-order valence-electron chi connectivity index (χ3n) is 3.03. The highest BCUT2D eigenvalue weighted by molar-refractivity contribution is 5.97. The van der Waals surface area contributed by atoms with Crippen molar-refractivity contribution in [3.63, 3.8) is 0 Å². The Morgan fingerprint density at radius 3 is 1.62 bits per heavy atom. The number of nitrogens with zero attached hydrogens (tertiary/aromatic N) is 2. The lowest BCUT2D eigenvalue weighted by atomic mass is 10.3. The number of carbonyl (C=O) groups excluding carboxylic acids is 2. The van der Waals surface area contributed by atoms with Crippen LogP contribution in [0.2, 0.25) is 0 Å². The average Bonchev–Trinajstić information content (AvgIpc) is 3.28. The molecular formula is C16H18N4O4. The van der Waals surface area contributed by atoms with Gasteiger partial charge in [0.1, 0.15) is 22.9 Å². The molecule has 126 valence electrons. The van der Waals surface area contributed by atoms with Crippen molar-refractivity contribution >= 4 is 23.2 Å². The van der Waals surface area contributed by atoms with Gasteiger partial charge in [-0.05, 0) is 38.1 Å². The van der Waals surface area contributed by atoms with Gasteiger partial charge in [0, 0.05) is 12.8 Å². The summed E-state index contributed by atoms with van der Waals surface area (Å²) in [4.78, 5) is 23.3. The second-order valence-corrected chi connectivity index (χ2v) is 4.92. The largest absolute Gasteiger partial charge is 0.463 e. The molecule has 2 amide bonds. The van der Waals surface area contributed by atoms with E-state index in [1.165, 1.54) is 12.5 Å². The number of hydrogen-bond acceptors (Lipinski definition) is 6. The number of nitrogens with one attached hydrogen (secondary N) is 2. The van der Waals surface area contributed by atoms with Crippen molar-refractivity contribution in [3.8, 4) is 0 Å². The molecule has 2 aromatic heterocycles. The van der Waals surface area contributed by atoms with Crippen molar-refractivity contribution in [1.82, 2.24) is 10.9 Å². The van der Waals surface area contributed by atoms with Gasteiger partial charge in [-0.1, -0.05) is 0 Å². The van der Waals surface area contributed by atoms with Gasteiger partial charge < -0.3 is 8.83 Å². The van der Waals surface area contributed by atoms with E-state index < -0.39 is 0 Å². The topological polar surface area (TPSA) is 109 Å². The summed E-state index contributed by atoms with van der Waals surface area (Å²) in [6.45, 7) is 3.41. The molecule has 2 N–H and O–H groups in total. The Morgan fingerprint density at radius 1 is 0.875 bits per heavy atom. The molecule has 0 unspecified atom stereocenters. The van der Waals surface area contributed by atoms with Crippen LogP contribution in [-0.2, 0) is 9.59 Å². The predicted molar refractivity (Wildman–Crippen MR) is 87.4 cm³/mol. The molecule has 0 fully saturated rings. The van der Waals surface area contributed by atoms with Crippen LogP contribution < -0.4 is 10.9 Å². The minimum absolute atomic E-state index is 0.00388. The van der Waals surface area contributed by atoms with Gasteiger partial charge >= 0.3 is 0 Å². The van der Waals surface area contributed by atoms with Crippen LogP contribution in [0.4, 0.5) is 0 Å². The van der Waals surface area contributed by atoms with Crippen LogP contribution >= 0.6 is 0 Å². The summed E-state index contributed by atoms with van der Waals surface area (Å²) in [5.74, 6) is 0.386. The van der Waals surface area contributed by atoms with Crippen LogP contribution in [0.5, 0.6) is 0 Å². The summed E-state index contributed by atoms with van der Waals surface area (Å²) in [5, 5.41) is 7.81. The molecular weight excluding hydrogens is 312 g/mol. The first-order valence-corrected chi connectivity index (χ1v) is 7.30. The number of carbonyl (C=O) groups is 2. The second kappa shape index (κ2) is 8.47. The first-order valence-electron chi connectivity index (χ1n) is 7.30. The maximum Gasteiger partial charge on any atom is 0.240 e. The first kappa shape index (κ1) is 17.2. The van der Waals surface area contributed by atoms with Gasteiger partial charge in [0.2, 0.25) is 11.8 Å². The average molecular weight is 330 g/mol. The SMILES string of the molecule is C/C(=N/NC(=O)CCC(=O)N/N=C(\C)c1ccco1)c1ccco1. The molecule has 0 spiro atoms. The van der Waals surface area contributed by atoms with E-state index in [0.717, 1.165) is 0 Å². The fourth-order valence-electron chi connectivity index (χ4n) is 1.71. The van der Waals surface area contributed by atoms with Crippen molar-refractivity contribution in [2.45, 2.75) is 26.7 Å². The number of hydrogen-bond donors (Lipinski definition) is 2. The first-order chi connectivity index (χ1) is 11.6. The van der Waals surface area contributed by atoms with Crippen LogP contribution in [0.3, 0.4) is 0 Å². The fraction of sp³-hybridized carbons (Fsp3) is 0.250. The van der Waals surface area contributed by atoms with Crippen molar-refractivity contribution in [3.05, 3.63) is 48.3 Å². The molecule has 0 saturated heterocycles. The molecule has 0 bridgehead atoms. The van der Waals surface area contributed by atoms with Crippen LogP contribution in [0.15, 0.2) is 55.8 Å². The molecule has 24 heavy (non-hydrogen) atoms. The van der Waals surface area contributed by atoms with Crippen LogP contribution in [-0.4, -0.2) is 23.2 Å². The molecule has 0 aromatic carbocycles. The summed E-state index contributed by atoms with van der Waals surface area (Å²) >= 11 is 0. The van der Waals surface area contributed by atoms with E-state index in [-0.39, 0.29) is 24.7 Å². The Labute approximate surface area is 138 Å². The third kappa shape index (κ3) is 5.24. The minimum atomic E-state index is -0.372. The van der Waals surface area contributed by atoms with E-state index in [1.807, 2.05) is 0 Å². The Morgan fingerprint density at radius 2 is 1.29 bits per heavy atom. The van der Waals surface area contributed by atoms with Gasteiger partial charge in [0.25, 0.3) is 0 Å². The fourth-order valence-corrected chi connectivity index (χ4v) is 1.71. The maximum atomic E-state index is 11.7. The van der Waals surface area contributed by atoms with Crippen LogP contribution in [0.25, 0.3) is 0 Å². The van der Waals surface area contributed by atoms with Gasteiger partial charge in [0.15, 0.2) is 0 Å². The number of furan rings is 2.